The molecule has 0 aromatic rings. The molecule has 1 heterocycles. The second kappa shape index (κ2) is 9.42. The summed E-state index contributed by atoms with van der Waals surface area (Å²) in [4.78, 5) is 0. The van der Waals surface area contributed by atoms with E-state index >= 15 is 0 Å². The third-order valence-electron chi connectivity index (χ3n) is 3.13. The Morgan fingerprint density at radius 1 is 1.13 bits per heavy atom. The van der Waals surface area contributed by atoms with Crippen molar-refractivity contribution in [2.24, 2.45) is 5.92 Å². The molecule has 15 heavy (non-hydrogen) atoms. The van der Waals surface area contributed by atoms with Gasteiger partial charge in [-0.15, -0.1) is 0 Å². The molecule has 3 unspecified atom stereocenters. The number of hydrogen-bond acceptors (Lipinski definition) is 2. The van der Waals surface area contributed by atoms with Crippen molar-refractivity contribution < 1.29 is 26.0 Å². The van der Waals surface area contributed by atoms with Gasteiger partial charge in [0.25, 0.3) is 0 Å². The number of fused-ring (bicyclic) bond motifs is 1. The van der Waals surface area contributed by atoms with Crippen molar-refractivity contribution in [3.8, 4) is 0 Å². The van der Waals surface area contributed by atoms with Crippen molar-refractivity contribution in [1.82, 2.24) is 5.32 Å². The zero-order valence-corrected chi connectivity index (χ0v) is 13.1. The van der Waals surface area contributed by atoms with E-state index in [2.05, 4.69) is 5.32 Å². The van der Waals surface area contributed by atoms with Crippen LogP contribution in [0.4, 0.5) is 0 Å². The second-order valence-corrected chi connectivity index (χ2v) is 7.68. The Hall–Kier alpha value is 1.38. The molecule has 5 heteroatoms. The summed E-state index contributed by atoms with van der Waals surface area (Å²) in [6.45, 7) is 1.11. The molecule has 1 aliphatic carbocycles. The molecule has 90 valence electrons. The summed E-state index contributed by atoms with van der Waals surface area (Å²) in [7, 11) is 9.87. The van der Waals surface area contributed by atoms with Gasteiger partial charge >= 0.3 is 37.9 Å². The van der Waals surface area contributed by atoms with Gasteiger partial charge in [0.2, 0.25) is 0 Å². The van der Waals surface area contributed by atoms with Crippen LogP contribution >= 0.6 is 17.0 Å². The molecule has 2 nitrogen and oxygen atoms in total. The number of aliphatic hydroxyl groups is 1. The average molecular weight is 332 g/mol. The van der Waals surface area contributed by atoms with E-state index in [9.17, 15) is 5.11 Å². The van der Waals surface area contributed by atoms with Crippen LogP contribution in [0, 0.1) is 13.3 Å². The van der Waals surface area contributed by atoms with E-state index in [1.54, 1.807) is 0 Å². The van der Waals surface area contributed by atoms with Gasteiger partial charge in [0.05, 0.1) is 6.10 Å². The molecule has 1 saturated heterocycles. The van der Waals surface area contributed by atoms with E-state index in [0.29, 0.717) is 6.04 Å². The van der Waals surface area contributed by atoms with Crippen molar-refractivity contribution in [3.63, 3.8) is 0 Å². The van der Waals surface area contributed by atoms with Gasteiger partial charge in [-0.2, -0.15) is 0 Å². The van der Waals surface area contributed by atoms with Gasteiger partial charge in [0.15, 0.2) is 0 Å². The number of piperidine rings is 1. The monoisotopic (exact) mass is 330 g/mol. The Bertz CT molecular complexity index is 160. The zero-order chi connectivity index (χ0) is 10.4. The molecule has 0 aromatic carbocycles. The Labute approximate surface area is 112 Å². The number of halogens is 2. The molecule has 0 radical (unpaired) electrons. The first kappa shape index (κ1) is 16.4. The summed E-state index contributed by atoms with van der Waals surface area (Å²) in [5.41, 5.74) is 0. The fourth-order valence-electron chi connectivity index (χ4n) is 2.52. The van der Waals surface area contributed by atoms with Crippen LogP contribution in [0.3, 0.4) is 0 Å². The first-order chi connectivity index (χ1) is 6.79. The van der Waals surface area contributed by atoms with Crippen LogP contribution in [0.15, 0.2) is 0 Å². The Kier molecular flexibility index (Phi) is 10.3. The SMILES string of the molecule is OC1CCCC2CCCNC12.[CH3-].[Cl][Zr][Cl]. The van der Waals surface area contributed by atoms with Crippen molar-refractivity contribution in [1.29, 1.82) is 0 Å². The summed E-state index contributed by atoms with van der Waals surface area (Å²) in [6, 6.07) is 0.428. The molecule has 0 aromatic heterocycles. The van der Waals surface area contributed by atoms with Gasteiger partial charge in [-0.05, 0) is 38.1 Å². The third-order valence-corrected chi connectivity index (χ3v) is 3.13. The molecular weight excluding hydrogens is 312 g/mol. The predicted molar refractivity (Wildman–Crippen MR) is 62.5 cm³/mol. The topological polar surface area (TPSA) is 32.3 Å². The Morgan fingerprint density at radius 2 is 1.73 bits per heavy atom. The van der Waals surface area contributed by atoms with E-state index in [1.165, 1.54) is 25.7 Å². The molecule has 2 fully saturated rings. The fourth-order valence-corrected chi connectivity index (χ4v) is 2.52. The number of nitrogens with one attached hydrogen (secondary N) is 1. The predicted octanol–water partition coefficient (Wildman–Crippen LogP) is 2.73. The molecule has 1 saturated carbocycles. The van der Waals surface area contributed by atoms with Crippen LogP contribution < -0.4 is 5.32 Å². The van der Waals surface area contributed by atoms with E-state index < -0.39 is 20.8 Å². The van der Waals surface area contributed by atoms with Gasteiger partial charge < -0.3 is 17.8 Å². The van der Waals surface area contributed by atoms with E-state index in [1.807, 2.05) is 0 Å². The summed E-state index contributed by atoms with van der Waals surface area (Å²) in [6.07, 6.45) is 6.13. The van der Waals surface area contributed by atoms with Crippen molar-refractivity contribution in [2.45, 2.75) is 44.2 Å². The molecular formula is C10H20Cl2NOZr-. The van der Waals surface area contributed by atoms with Gasteiger partial charge in [0.1, 0.15) is 0 Å². The molecule has 0 spiro atoms. The van der Waals surface area contributed by atoms with Crippen LogP contribution in [0.5, 0.6) is 0 Å². The Morgan fingerprint density at radius 3 is 2.33 bits per heavy atom. The van der Waals surface area contributed by atoms with Gasteiger partial charge in [-0.25, -0.2) is 0 Å². The van der Waals surface area contributed by atoms with E-state index in [-0.39, 0.29) is 13.5 Å². The van der Waals surface area contributed by atoms with Crippen LogP contribution in [0.1, 0.15) is 32.1 Å². The zero-order valence-electron chi connectivity index (χ0n) is 9.18. The molecule has 0 amide bonds. The Balaban J connectivity index is 0.000000443. The minimum absolute atomic E-state index is 0. The third kappa shape index (κ3) is 5.50. The number of rotatable bonds is 0. The molecule has 2 aliphatic rings. The van der Waals surface area contributed by atoms with Crippen molar-refractivity contribution >= 4 is 17.0 Å². The quantitative estimate of drug-likeness (QED) is 0.669. The van der Waals surface area contributed by atoms with E-state index in [4.69, 9.17) is 17.0 Å². The summed E-state index contributed by atoms with van der Waals surface area (Å²) in [5, 5.41) is 13.1. The maximum absolute atomic E-state index is 9.64. The number of aliphatic hydroxyl groups excluding tert-OH is 1. The summed E-state index contributed by atoms with van der Waals surface area (Å²) >= 11 is -0.826. The maximum atomic E-state index is 9.64. The molecule has 3 atom stereocenters. The molecule has 2 rings (SSSR count). The standard InChI is InChI=1S/C9H17NO.CH3.2ClH.Zr/c11-8-5-1-3-7-4-2-6-10-9(7)8;;;;/h7-11H,1-6H2;1H3;2*1H;/q;-1;;;+2/p-2. The summed E-state index contributed by atoms with van der Waals surface area (Å²) in [5.74, 6) is 0.771. The molecule has 1 aliphatic heterocycles. The first-order valence-corrected chi connectivity index (χ1v) is 11.5. The first-order valence-electron chi connectivity index (χ1n) is 5.17. The van der Waals surface area contributed by atoms with Crippen LogP contribution in [0.25, 0.3) is 0 Å². The van der Waals surface area contributed by atoms with Gasteiger partial charge in [0, 0.05) is 6.04 Å². The van der Waals surface area contributed by atoms with E-state index in [0.717, 1.165) is 18.9 Å². The minimum atomic E-state index is -0.826. The summed E-state index contributed by atoms with van der Waals surface area (Å²) < 4.78 is 0. The van der Waals surface area contributed by atoms with Gasteiger partial charge in [-0.1, -0.05) is 6.42 Å². The van der Waals surface area contributed by atoms with Crippen molar-refractivity contribution in [2.75, 3.05) is 6.54 Å². The van der Waals surface area contributed by atoms with Crippen LogP contribution in [-0.2, 0) is 20.8 Å². The average Bonchev–Trinajstić information content (AvgIpc) is 2.20. The van der Waals surface area contributed by atoms with Crippen LogP contribution in [-0.4, -0.2) is 23.8 Å². The molecule has 2 N–H and O–H groups in total. The normalized spacial score (nSPS) is 33.9. The van der Waals surface area contributed by atoms with Crippen LogP contribution in [0.2, 0.25) is 0 Å². The fraction of sp³-hybridized carbons (Fsp3) is 0.900. The van der Waals surface area contributed by atoms with Crippen molar-refractivity contribution in [3.05, 3.63) is 7.43 Å². The number of hydrogen-bond donors (Lipinski definition) is 2. The van der Waals surface area contributed by atoms with Gasteiger partial charge in [-0.3, -0.25) is 0 Å². The molecule has 0 bridgehead atoms. The second-order valence-electron chi connectivity index (χ2n) is 3.95.